The Labute approximate surface area is 200 Å². The fourth-order valence-electron chi connectivity index (χ4n) is 6.46. The highest BCUT2D eigenvalue weighted by Crippen LogP contribution is 2.52. The summed E-state index contributed by atoms with van der Waals surface area (Å²) in [6.45, 7) is 3.26. The Morgan fingerprint density at radius 3 is 2.56 bits per heavy atom. The zero-order chi connectivity index (χ0) is 23.9. The lowest BCUT2D eigenvalue weighted by atomic mass is 9.72. The molecule has 0 radical (unpaired) electrons. The largest absolute Gasteiger partial charge is 0.486 e. The first-order chi connectivity index (χ1) is 16.5. The van der Waals surface area contributed by atoms with E-state index in [1.807, 2.05) is 19.1 Å². The molecule has 1 saturated carbocycles. The van der Waals surface area contributed by atoms with E-state index in [0.29, 0.717) is 44.1 Å². The zero-order valence-corrected chi connectivity index (χ0v) is 19.8. The van der Waals surface area contributed by atoms with Gasteiger partial charge in [0.25, 0.3) is 0 Å². The van der Waals surface area contributed by atoms with Crippen molar-refractivity contribution in [2.24, 2.45) is 17.8 Å². The maximum Gasteiger partial charge on any atom is 0.324 e. The van der Waals surface area contributed by atoms with Crippen LogP contribution in [-0.4, -0.2) is 53.1 Å². The molecule has 34 heavy (non-hydrogen) atoms. The van der Waals surface area contributed by atoms with Gasteiger partial charge in [0.15, 0.2) is 11.5 Å². The van der Waals surface area contributed by atoms with Gasteiger partial charge in [0.2, 0.25) is 11.8 Å². The van der Waals surface area contributed by atoms with E-state index in [1.54, 1.807) is 6.07 Å². The van der Waals surface area contributed by atoms with Crippen molar-refractivity contribution in [3.63, 3.8) is 0 Å². The lowest BCUT2D eigenvalue weighted by Gasteiger charge is -2.35. The van der Waals surface area contributed by atoms with Crippen LogP contribution in [0, 0.1) is 17.8 Å². The van der Waals surface area contributed by atoms with Crippen LogP contribution >= 0.6 is 0 Å². The van der Waals surface area contributed by atoms with Gasteiger partial charge in [0.05, 0.1) is 11.8 Å². The third-order valence-corrected chi connectivity index (χ3v) is 8.12. The van der Waals surface area contributed by atoms with Gasteiger partial charge in [-0.1, -0.05) is 51.5 Å². The van der Waals surface area contributed by atoms with Crippen LogP contribution in [0.3, 0.4) is 0 Å². The number of likely N-dealkylation sites (tertiary alicyclic amines) is 1. The molecule has 2 saturated heterocycles. The zero-order valence-electron chi connectivity index (χ0n) is 19.8. The number of nitrogens with one attached hydrogen (secondary N) is 1. The van der Waals surface area contributed by atoms with Crippen LogP contribution in [0.5, 0.6) is 11.5 Å². The van der Waals surface area contributed by atoms with Gasteiger partial charge in [-0.2, -0.15) is 0 Å². The van der Waals surface area contributed by atoms with Crippen LogP contribution in [0.15, 0.2) is 18.2 Å². The SMILES string of the molecule is CCCCN1C(=O)C2C(c3ccc4c(c3)OCCO4)NC(CC3CCCCC3)(C(=O)O)C2C1=O. The summed E-state index contributed by atoms with van der Waals surface area (Å²) < 4.78 is 11.4. The monoisotopic (exact) mass is 470 g/mol. The minimum absolute atomic E-state index is 0.226. The quantitative estimate of drug-likeness (QED) is 0.589. The first-order valence-electron chi connectivity index (χ1n) is 12.7. The molecule has 8 nitrogen and oxygen atoms in total. The highest BCUT2D eigenvalue weighted by molar-refractivity contribution is 6.09. The average molecular weight is 471 g/mol. The number of nitrogens with zero attached hydrogens (tertiary/aromatic N) is 1. The molecule has 3 fully saturated rings. The number of ether oxygens (including phenoxy) is 2. The molecule has 1 aromatic rings. The molecule has 1 aromatic carbocycles. The van der Waals surface area contributed by atoms with E-state index in [-0.39, 0.29) is 17.7 Å². The van der Waals surface area contributed by atoms with E-state index < -0.39 is 29.4 Å². The van der Waals surface area contributed by atoms with Crippen molar-refractivity contribution in [3.05, 3.63) is 23.8 Å². The normalized spacial score (nSPS) is 31.1. The second-order valence-corrected chi connectivity index (χ2v) is 10.2. The molecular formula is C26H34N2O6. The van der Waals surface area contributed by atoms with Crippen molar-refractivity contribution >= 4 is 17.8 Å². The number of hydrogen-bond donors (Lipinski definition) is 2. The minimum Gasteiger partial charge on any atom is -0.486 e. The number of imide groups is 1. The smallest absolute Gasteiger partial charge is 0.324 e. The molecule has 0 bridgehead atoms. The van der Waals surface area contributed by atoms with Crippen molar-refractivity contribution in [1.82, 2.24) is 10.2 Å². The summed E-state index contributed by atoms with van der Waals surface area (Å²) in [4.78, 5) is 41.5. The predicted molar refractivity (Wildman–Crippen MR) is 123 cm³/mol. The Kier molecular flexibility index (Phi) is 6.27. The van der Waals surface area contributed by atoms with Gasteiger partial charge in [0.1, 0.15) is 18.8 Å². The summed E-state index contributed by atoms with van der Waals surface area (Å²) in [5.41, 5.74) is -0.706. The lowest BCUT2D eigenvalue weighted by Crippen LogP contribution is -2.56. The van der Waals surface area contributed by atoms with Crippen LogP contribution in [0.4, 0.5) is 0 Å². The number of carboxylic acid groups (broad SMARTS) is 1. The van der Waals surface area contributed by atoms with E-state index >= 15 is 0 Å². The number of rotatable bonds is 7. The first kappa shape index (κ1) is 23.1. The van der Waals surface area contributed by atoms with Gasteiger partial charge in [-0.15, -0.1) is 0 Å². The number of amides is 2. The standard InChI is InChI=1S/C26H34N2O6/c1-2-3-11-28-23(29)20-21(24(28)30)26(25(31)32,15-16-7-5-4-6-8-16)27-22(20)17-9-10-18-19(14-17)34-13-12-33-18/h9-10,14,16,20-22,27H,2-8,11-13,15H2,1H3,(H,31,32). The average Bonchev–Trinajstić information content (AvgIpc) is 3.32. The molecule has 1 aliphatic carbocycles. The molecule has 2 amide bonds. The third kappa shape index (κ3) is 3.76. The Balaban J connectivity index is 1.55. The predicted octanol–water partition coefficient (Wildman–Crippen LogP) is 3.30. The summed E-state index contributed by atoms with van der Waals surface area (Å²) >= 11 is 0. The molecule has 3 aliphatic heterocycles. The van der Waals surface area contributed by atoms with Gasteiger partial charge in [-0.3, -0.25) is 24.6 Å². The number of carboxylic acids is 1. The number of unbranched alkanes of at least 4 members (excludes halogenated alkanes) is 1. The second kappa shape index (κ2) is 9.21. The van der Waals surface area contributed by atoms with Crippen molar-refractivity contribution in [1.29, 1.82) is 0 Å². The Bertz CT molecular complexity index is 974. The van der Waals surface area contributed by atoms with E-state index in [4.69, 9.17) is 9.47 Å². The topological polar surface area (TPSA) is 105 Å². The molecule has 0 aromatic heterocycles. The minimum atomic E-state index is -1.46. The summed E-state index contributed by atoms with van der Waals surface area (Å²) in [5, 5.41) is 13.9. The Hall–Kier alpha value is -2.61. The molecule has 0 spiro atoms. The first-order valence-corrected chi connectivity index (χ1v) is 12.7. The number of hydrogen-bond acceptors (Lipinski definition) is 6. The molecule has 184 valence electrons. The van der Waals surface area contributed by atoms with Crippen molar-refractivity contribution in [3.8, 4) is 11.5 Å². The molecule has 2 N–H and O–H groups in total. The number of carbonyl (C=O) groups excluding carboxylic acids is 2. The molecular weight excluding hydrogens is 436 g/mol. The molecule has 8 heteroatoms. The van der Waals surface area contributed by atoms with Crippen LogP contribution < -0.4 is 14.8 Å². The van der Waals surface area contributed by atoms with Gasteiger partial charge in [0, 0.05) is 12.6 Å². The molecule has 3 heterocycles. The number of carbonyl (C=O) groups is 3. The number of aliphatic carboxylic acids is 1. The molecule has 4 aliphatic rings. The van der Waals surface area contributed by atoms with E-state index in [2.05, 4.69) is 5.32 Å². The van der Waals surface area contributed by atoms with Crippen molar-refractivity contribution in [2.45, 2.75) is 69.9 Å². The van der Waals surface area contributed by atoms with Crippen LogP contribution in [0.25, 0.3) is 0 Å². The fourth-order valence-corrected chi connectivity index (χ4v) is 6.46. The Morgan fingerprint density at radius 2 is 1.85 bits per heavy atom. The third-order valence-electron chi connectivity index (χ3n) is 8.12. The van der Waals surface area contributed by atoms with Gasteiger partial charge in [-0.05, 0) is 36.5 Å². The fraction of sp³-hybridized carbons (Fsp3) is 0.654. The summed E-state index contributed by atoms with van der Waals surface area (Å²) in [6.07, 6.45) is 7.17. The molecule has 5 rings (SSSR count). The van der Waals surface area contributed by atoms with Gasteiger partial charge in [-0.25, -0.2) is 0 Å². The van der Waals surface area contributed by atoms with Crippen molar-refractivity contribution < 1.29 is 29.0 Å². The van der Waals surface area contributed by atoms with E-state index in [9.17, 15) is 19.5 Å². The number of fused-ring (bicyclic) bond motifs is 2. The summed E-state index contributed by atoms with van der Waals surface area (Å²) in [6, 6.07) is 4.91. The lowest BCUT2D eigenvalue weighted by molar-refractivity contribution is -0.152. The van der Waals surface area contributed by atoms with Crippen molar-refractivity contribution in [2.75, 3.05) is 19.8 Å². The highest BCUT2D eigenvalue weighted by atomic mass is 16.6. The van der Waals surface area contributed by atoms with E-state index in [1.165, 1.54) is 4.90 Å². The van der Waals surface area contributed by atoms with Gasteiger partial charge < -0.3 is 14.6 Å². The maximum atomic E-state index is 13.6. The second-order valence-electron chi connectivity index (χ2n) is 10.2. The van der Waals surface area contributed by atoms with Crippen LogP contribution in [0.2, 0.25) is 0 Å². The van der Waals surface area contributed by atoms with Gasteiger partial charge >= 0.3 is 5.97 Å². The van der Waals surface area contributed by atoms with E-state index in [0.717, 1.165) is 44.1 Å². The summed E-state index contributed by atoms with van der Waals surface area (Å²) in [7, 11) is 0. The van der Waals surface area contributed by atoms with Crippen LogP contribution in [0.1, 0.15) is 69.9 Å². The highest BCUT2D eigenvalue weighted by Gasteiger charge is 2.68. The number of benzene rings is 1. The maximum absolute atomic E-state index is 13.6. The molecule has 4 atom stereocenters. The Morgan fingerprint density at radius 1 is 1.12 bits per heavy atom. The summed E-state index contributed by atoms with van der Waals surface area (Å²) in [5.74, 6) is -1.84. The molecule has 4 unspecified atom stereocenters. The van der Waals surface area contributed by atoms with Crippen LogP contribution in [-0.2, 0) is 14.4 Å².